The van der Waals surface area contributed by atoms with E-state index in [0.29, 0.717) is 4.75 Å². The lowest BCUT2D eigenvalue weighted by Crippen LogP contribution is -2.44. The summed E-state index contributed by atoms with van der Waals surface area (Å²) in [6.07, 6.45) is 7.15. The van der Waals surface area contributed by atoms with Gasteiger partial charge in [-0.15, -0.1) is 0 Å². The van der Waals surface area contributed by atoms with E-state index in [1.54, 1.807) is 0 Å². The topological polar surface area (TPSA) is 62.4 Å². The van der Waals surface area contributed by atoms with Gasteiger partial charge in [0.2, 0.25) is 5.96 Å². The van der Waals surface area contributed by atoms with Gasteiger partial charge in [0, 0.05) is 11.3 Å². The minimum absolute atomic E-state index is 0.385. The molecule has 0 aromatic carbocycles. The fourth-order valence-corrected chi connectivity index (χ4v) is 2.51. The molecule has 15 heavy (non-hydrogen) atoms. The second-order valence-corrected chi connectivity index (χ2v) is 5.25. The van der Waals surface area contributed by atoms with Gasteiger partial charge < -0.3 is 5.32 Å². The van der Waals surface area contributed by atoms with Gasteiger partial charge in [0.25, 0.3) is 0 Å². The van der Waals surface area contributed by atoms with Crippen LogP contribution in [0.25, 0.3) is 0 Å². The summed E-state index contributed by atoms with van der Waals surface area (Å²) >= 11 is 1.93. The molecule has 88 valence electrons. The average Bonchev–Trinajstić information content (AvgIpc) is 2.21. The van der Waals surface area contributed by atoms with E-state index < -0.39 is 0 Å². The molecule has 0 amide bonds. The van der Waals surface area contributed by atoms with Crippen molar-refractivity contribution in [2.24, 2.45) is 10.8 Å². The van der Waals surface area contributed by atoms with E-state index in [1.807, 2.05) is 11.8 Å². The van der Waals surface area contributed by atoms with Crippen molar-refractivity contribution in [3.05, 3.63) is 0 Å². The van der Waals surface area contributed by atoms with Crippen LogP contribution in [0.5, 0.6) is 0 Å². The molecule has 1 rings (SSSR count). The molecule has 4 N–H and O–H groups in total. The molecule has 5 heteroatoms. The van der Waals surface area contributed by atoms with Crippen molar-refractivity contribution in [2.75, 3.05) is 19.3 Å². The second kappa shape index (κ2) is 6.23. The number of rotatable bonds is 5. The number of hydrogen-bond donors (Lipinski definition) is 3. The van der Waals surface area contributed by atoms with Crippen LogP contribution in [0.2, 0.25) is 0 Å². The second-order valence-electron chi connectivity index (χ2n) is 3.98. The van der Waals surface area contributed by atoms with Gasteiger partial charge in [-0.2, -0.15) is 11.8 Å². The number of aliphatic imine (C=N–C) groups is 1. The Morgan fingerprint density at radius 3 is 2.67 bits per heavy atom. The molecule has 0 bridgehead atoms. The maximum absolute atomic E-state index is 5.39. The van der Waals surface area contributed by atoms with Crippen molar-refractivity contribution in [3.8, 4) is 0 Å². The summed E-state index contributed by atoms with van der Waals surface area (Å²) in [5.74, 6) is 6.11. The highest BCUT2D eigenvalue weighted by Gasteiger charge is 2.35. The van der Waals surface area contributed by atoms with Crippen LogP contribution in [-0.4, -0.2) is 30.1 Å². The Bertz CT molecular complexity index is 208. The van der Waals surface area contributed by atoms with Crippen LogP contribution in [-0.2, 0) is 0 Å². The standard InChI is InChI=1S/C10H22N4S/c1-3-7-12-9(14-11)13-8-10(15-2)5-4-6-10/h3-8,11H2,1-2H3,(H2,12,13,14). The first-order valence-electron chi connectivity index (χ1n) is 5.56. The van der Waals surface area contributed by atoms with Gasteiger partial charge >= 0.3 is 0 Å². The van der Waals surface area contributed by atoms with Gasteiger partial charge in [-0.3, -0.25) is 10.4 Å². The van der Waals surface area contributed by atoms with Crippen LogP contribution in [0.3, 0.4) is 0 Å². The van der Waals surface area contributed by atoms with Gasteiger partial charge in [0.15, 0.2) is 0 Å². The summed E-state index contributed by atoms with van der Waals surface area (Å²) in [6.45, 7) is 3.90. The Kier molecular flexibility index (Phi) is 5.25. The summed E-state index contributed by atoms with van der Waals surface area (Å²) in [6, 6.07) is 0. The fraction of sp³-hybridized carbons (Fsp3) is 0.900. The molecule has 0 saturated heterocycles. The van der Waals surface area contributed by atoms with Crippen LogP contribution in [0.1, 0.15) is 32.6 Å². The van der Waals surface area contributed by atoms with Crippen LogP contribution in [0.4, 0.5) is 0 Å². The number of guanidine groups is 1. The summed E-state index contributed by atoms with van der Waals surface area (Å²) in [4.78, 5) is 4.49. The average molecular weight is 230 g/mol. The van der Waals surface area contributed by atoms with Crippen LogP contribution < -0.4 is 16.6 Å². The number of nitrogens with zero attached hydrogens (tertiary/aromatic N) is 1. The molecule has 0 spiro atoms. The quantitative estimate of drug-likeness (QED) is 0.286. The molecule has 1 aliphatic rings. The summed E-state index contributed by atoms with van der Waals surface area (Å²) in [7, 11) is 0. The van der Waals surface area contributed by atoms with Crippen molar-refractivity contribution in [1.29, 1.82) is 0 Å². The van der Waals surface area contributed by atoms with Gasteiger partial charge in [0.1, 0.15) is 0 Å². The molecular weight excluding hydrogens is 208 g/mol. The Morgan fingerprint density at radius 1 is 1.53 bits per heavy atom. The number of hydrogen-bond acceptors (Lipinski definition) is 3. The minimum Gasteiger partial charge on any atom is -0.355 e. The molecule has 1 fully saturated rings. The summed E-state index contributed by atoms with van der Waals surface area (Å²) in [5, 5.41) is 3.17. The van der Waals surface area contributed by atoms with E-state index >= 15 is 0 Å². The lowest BCUT2D eigenvalue weighted by atomic mass is 9.84. The minimum atomic E-state index is 0.385. The van der Waals surface area contributed by atoms with E-state index in [1.165, 1.54) is 19.3 Å². The third-order valence-corrected chi connectivity index (χ3v) is 4.31. The fourth-order valence-electron chi connectivity index (χ4n) is 1.62. The zero-order valence-electron chi connectivity index (χ0n) is 9.68. The molecule has 0 unspecified atom stereocenters. The smallest absolute Gasteiger partial charge is 0.205 e. The monoisotopic (exact) mass is 230 g/mol. The first-order chi connectivity index (χ1) is 7.26. The van der Waals surface area contributed by atoms with Gasteiger partial charge in [-0.25, -0.2) is 5.84 Å². The zero-order valence-corrected chi connectivity index (χ0v) is 10.5. The SMILES string of the molecule is CCCNC(=NCC1(SC)CCC1)NN. The normalized spacial score (nSPS) is 19.5. The van der Waals surface area contributed by atoms with Gasteiger partial charge in [0.05, 0.1) is 6.54 Å². The number of nitrogens with one attached hydrogen (secondary N) is 2. The van der Waals surface area contributed by atoms with Crippen LogP contribution in [0.15, 0.2) is 4.99 Å². The molecular formula is C10H22N4S. The van der Waals surface area contributed by atoms with Crippen molar-refractivity contribution in [1.82, 2.24) is 10.7 Å². The number of nitrogens with two attached hydrogens (primary N) is 1. The Hall–Kier alpha value is -0.420. The Balaban J connectivity index is 2.38. The van der Waals surface area contributed by atoms with E-state index in [4.69, 9.17) is 5.84 Å². The molecule has 1 aliphatic carbocycles. The lowest BCUT2D eigenvalue weighted by molar-refractivity contribution is 0.372. The molecule has 4 nitrogen and oxygen atoms in total. The van der Waals surface area contributed by atoms with Gasteiger partial charge in [-0.1, -0.05) is 13.3 Å². The third-order valence-electron chi connectivity index (χ3n) is 2.90. The highest BCUT2D eigenvalue weighted by atomic mass is 32.2. The van der Waals surface area contributed by atoms with Crippen molar-refractivity contribution in [2.45, 2.75) is 37.4 Å². The molecule has 0 aromatic rings. The Morgan fingerprint density at radius 2 is 2.27 bits per heavy atom. The third kappa shape index (κ3) is 3.57. The number of thioether (sulfide) groups is 1. The first kappa shape index (κ1) is 12.6. The maximum atomic E-state index is 5.39. The summed E-state index contributed by atoms with van der Waals surface area (Å²) < 4.78 is 0.385. The molecule has 0 atom stereocenters. The Labute approximate surface area is 96.4 Å². The van der Waals surface area contributed by atoms with Gasteiger partial charge in [-0.05, 0) is 25.5 Å². The predicted molar refractivity (Wildman–Crippen MR) is 68.0 cm³/mol. The molecule has 0 heterocycles. The van der Waals surface area contributed by atoms with E-state index in [-0.39, 0.29) is 0 Å². The molecule has 0 aromatic heterocycles. The highest BCUT2D eigenvalue weighted by molar-refractivity contribution is 8.00. The van der Waals surface area contributed by atoms with Crippen molar-refractivity contribution in [3.63, 3.8) is 0 Å². The number of hydrazine groups is 1. The summed E-state index contributed by atoms with van der Waals surface area (Å²) in [5.41, 5.74) is 2.61. The molecule has 0 radical (unpaired) electrons. The highest BCUT2D eigenvalue weighted by Crippen LogP contribution is 2.42. The van der Waals surface area contributed by atoms with Crippen molar-refractivity contribution < 1.29 is 0 Å². The largest absolute Gasteiger partial charge is 0.355 e. The predicted octanol–water partition coefficient (Wildman–Crippen LogP) is 1.09. The van der Waals surface area contributed by atoms with Crippen LogP contribution >= 0.6 is 11.8 Å². The van der Waals surface area contributed by atoms with E-state index in [9.17, 15) is 0 Å². The first-order valence-corrected chi connectivity index (χ1v) is 6.79. The molecule has 0 aliphatic heterocycles. The van der Waals surface area contributed by atoms with E-state index in [0.717, 1.165) is 25.5 Å². The molecule has 1 saturated carbocycles. The zero-order chi connectivity index (χ0) is 11.1. The van der Waals surface area contributed by atoms with Crippen LogP contribution in [0, 0.1) is 0 Å². The van der Waals surface area contributed by atoms with E-state index in [2.05, 4.69) is 28.9 Å². The van der Waals surface area contributed by atoms with Crippen molar-refractivity contribution >= 4 is 17.7 Å². The maximum Gasteiger partial charge on any atom is 0.205 e. The lowest BCUT2D eigenvalue weighted by Gasteiger charge is -2.39.